The molecule has 4 rings (SSSR count). The van der Waals surface area contributed by atoms with Gasteiger partial charge in [-0.15, -0.1) is 0 Å². The van der Waals surface area contributed by atoms with Crippen molar-refractivity contribution in [2.75, 3.05) is 39.8 Å². The largest absolute Gasteiger partial charge is 0.342 e. The second-order valence-corrected chi connectivity index (χ2v) is 8.75. The lowest BCUT2D eigenvalue weighted by atomic mass is 9.86. The Morgan fingerprint density at radius 1 is 1.15 bits per heavy atom. The van der Waals surface area contributed by atoms with Crippen molar-refractivity contribution in [1.29, 1.82) is 0 Å². The average molecular weight is 372 g/mol. The van der Waals surface area contributed by atoms with Gasteiger partial charge in [0.2, 0.25) is 5.91 Å². The van der Waals surface area contributed by atoms with Crippen molar-refractivity contribution in [2.45, 2.75) is 57.5 Å². The van der Waals surface area contributed by atoms with E-state index in [1.807, 2.05) is 12.4 Å². The Bertz CT molecular complexity index is 659. The summed E-state index contributed by atoms with van der Waals surface area (Å²) in [6, 6.07) is 0. The van der Waals surface area contributed by atoms with E-state index in [0.717, 1.165) is 70.3 Å². The van der Waals surface area contributed by atoms with Gasteiger partial charge in [-0.3, -0.25) is 14.6 Å². The zero-order valence-corrected chi connectivity index (χ0v) is 16.9. The van der Waals surface area contributed by atoms with E-state index in [1.54, 1.807) is 0 Å². The molecule has 1 aliphatic carbocycles. The quantitative estimate of drug-likeness (QED) is 0.792. The van der Waals surface area contributed by atoms with E-state index >= 15 is 0 Å². The first-order valence-electron chi connectivity index (χ1n) is 10.6. The summed E-state index contributed by atoms with van der Waals surface area (Å²) in [4.78, 5) is 28.7. The highest BCUT2D eigenvalue weighted by Crippen LogP contribution is 2.35. The molecule has 0 unspecified atom stereocenters. The standard InChI is InChI=1S/C21H33N5O/c1-3-19-22-12-18(13-23-19)14-25-11-10-24(2)21(16-25)7-6-20(27)26(9-8-21)15-17-4-5-17/h12-13,17H,3-11,14-16H2,1-2H3/t21-/m1/s1. The Balaban J connectivity index is 1.42. The van der Waals surface area contributed by atoms with E-state index in [9.17, 15) is 4.79 Å². The lowest BCUT2D eigenvalue weighted by molar-refractivity contribution is -0.131. The van der Waals surface area contributed by atoms with E-state index in [2.05, 4.69) is 38.6 Å². The SMILES string of the molecule is CCc1ncc(CN2CCN(C)[C@@]3(CCC(=O)N(CC4CC4)CC3)C2)cn1. The van der Waals surface area contributed by atoms with Gasteiger partial charge in [-0.25, -0.2) is 9.97 Å². The lowest BCUT2D eigenvalue weighted by Crippen LogP contribution is -2.60. The van der Waals surface area contributed by atoms with E-state index in [-0.39, 0.29) is 5.54 Å². The third-order valence-corrected chi connectivity index (χ3v) is 6.74. The summed E-state index contributed by atoms with van der Waals surface area (Å²) in [6.07, 6.45) is 10.2. The van der Waals surface area contributed by atoms with Gasteiger partial charge in [0, 0.05) is 75.6 Å². The minimum absolute atomic E-state index is 0.121. The number of amides is 1. The number of nitrogens with zero attached hydrogens (tertiary/aromatic N) is 5. The maximum absolute atomic E-state index is 12.6. The van der Waals surface area contributed by atoms with Gasteiger partial charge in [0.25, 0.3) is 0 Å². The molecule has 0 aromatic carbocycles. The number of hydrogen-bond donors (Lipinski definition) is 0. The van der Waals surface area contributed by atoms with Crippen molar-refractivity contribution >= 4 is 5.91 Å². The predicted molar refractivity (Wildman–Crippen MR) is 105 cm³/mol. The van der Waals surface area contributed by atoms with Gasteiger partial charge >= 0.3 is 0 Å². The van der Waals surface area contributed by atoms with Crippen LogP contribution < -0.4 is 0 Å². The Kier molecular flexibility index (Phi) is 5.46. The van der Waals surface area contributed by atoms with Crippen LogP contribution in [0.15, 0.2) is 12.4 Å². The van der Waals surface area contributed by atoms with Gasteiger partial charge in [-0.2, -0.15) is 0 Å². The first-order chi connectivity index (χ1) is 13.1. The van der Waals surface area contributed by atoms with Gasteiger partial charge < -0.3 is 4.90 Å². The molecule has 1 aromatic rings. The maximum atomic E-state index is 12.6. The van der Waals surface area contributed by atoms with Crippen LogP contribution in [0.1, 0.15) is 50.4 Å². The number of carbonyl (C=O) groups is 1. The summed E-state index contributed by atoms with van der Waals surface area (Å²) in [7, 11) is 2.25. The van der Waals surface area contributed by atoms with E-state index in [4.69, 9.17) is 0 Å². The van der Waals surface area contributed by atoms with Crippen molar-refractivity contribution in [1.82, 2.24) is 24.7 Å². The van der Waals surface area contributed by atoms with Crippen molar-refractivity contribution in [3.8, 4) is 0 Å². The number of hydrogen-bond acceptors (Lipinski definition) is 5. The summed E-state index contributed by atoms with van der Waals surface area (Å²) in [5, 5.41) is 0. The summed E-state index contributed by atoms with van der Waals surface area (Å²) in [5.41, 5.74) is 1.31. The normalized spacial score (nSPS) is 27.9. The van der Waals surface area contributed by atoms with Crippen LogP contribution >= 0.6 is 0 Å². The number of likely N-dealkylation sites (tertiary alicyclic amines) is 1. The molecule has 0 N–H and O–H groups in total. The summed E-state index contributed by atoms with van der Waals surface area (Å²) < 4.78 is 0. The van der Waals surface area contributed by atoms with Crippen LogP contribution in [-0.2, 0) is 17.8 Å². The van der Waals surface area contributed by atoms with Gasteiger partial charge in [0.1, 0.15) is 5.82 Å². The highest BCUT2D eigenvalue weighted by atomic mass is 16.2. The Labute approximate surface area is 162 Å². The number of aryl methyl sites for hydroxylation is 1. The molecule has 1 aromatic heterocycles. The number of piperazine rings is 1. The van der Waals surface area contributed by atoms with Crippen LogP contribution in [0.25, 0.3) is 0 Å². The molecule has 148 valence electrons. The molecule has 1 amide bonds. The fourth-order valence-corrected chi connectivity index (χ4v) is 4.62. The molecule has 1 saturated carbocycles. The second kappa shape index (κ2) is 7.84. The van der Waals surface area contributed by atoms with Crippen LogP contribution in [-0.4, -0.2) is 75.9 Å². The van der Waals surface area contributed by atoms with E-state index < -0.39 is 0 Å². The zero-order valence-electron chi connectivity index (χ0n) is 16.9. The fraction of sp³-hybridized carbons (Fsp3) is 0.762. The molecule has 2 saturated heterocycles. The third-order valence-electron chi connectivity index (χ3n) is 6.74. The van der Waals surface area contributed by atoms with Crippen LogP contribution in [0, 0.1) is 5.92 Å². The predicted octanol–water partition coefficient (Wildman–Crippen LogP) is 1.95. The maximum Gasteiger partial charge on any atom is 0.222 e. The first-order valence-corrected chi connectivity index (χ1v) is 10.6. The fourth-order valence-electron chi connectivity index (χ4n) is 4.62. The van der Waals surface area contributed by atoms with E-state index in [0.29, 0.717) is 12.3 Å². The van der Waals surface area contributed by atoms with Crippen molar-refractivity contribution < 1.29 is 4.79 Å². The molecule has 2 aliphatic heterocycles. The molecule has 6 heteroatoms. The molecule has 1 spiro atoms. The van der Waals surface area contributed by atoms with Gasteiger partial charge in [-0.1, -0.05) is 6.92 Å². The molecule has 1 atom stereocenters. The smallest absolute Gasteiger partial charge is 0.222 e. The number of rotatable bonds is 5. The van der Waals surface area contributed by atoms with Gasteiger partial charge in [0.05, 0.1) is 0 Å². The summed E-state index contributed by atoms with van der Waals surface area (Å²) in [6.45, 7) is 8.05. The highest BCUT2D eigenvalue weighted by Gasteiger charge is 2.42. The number of aromatic nitrogens is 2. The summed E-state index contributed by atoms with van der Waals surface area (Å²) >= 11 is 0. The Hall–Kier alpha value is -1.53. The minimum Gasteiger partial charge on any atom is -0.342 e. The molecule has 3 fully saturated rings. The molecular formula is C21H33N5O. The minimum atomic E-state index is 0.121. The Morgan fingerprint density at radius 2 is 1.93 bits per heavy atom. The van der Waals surface area contributed by atoms with Gasteiger partial charge in [-0.05, 0) is 38.6 Å². The molecule has 6 nitrogen and oxygen atoms in total. The van der Waals surface area contributed by atoms with Crippen LogP contribution in [0.4, 0.5) is 0 Å². The number of likely N-dealkylation sites (N-methyl/N-ethyl adjacent to an activating group) is 1. The third kappa shape index (κ3) is 4.32. The number of carbonyl (C=O) groups excluding carboxylic acids is 1. The van der Waals surface area contributed by atoms with Crippen molar-refractivity contribution in [3.63, 3.8) is 0 Å². The lowest BCUT2D eigenvalue weighted by Gasteiger charge is -2.49. The molecule has 0 bridgehead atoms. The molecule has 3 aliphatic rings. The average Bonchev–Trinajstić information content (AvgIpc) is 3.51. The van der Waals surface area contributed by atoms with E-state index in [1.165, 1.54) is 18.4 Å². The highest BCUT2D eigenvalue weighted by molar-refractivity contribution is 5.76. The van der Waals surface area contributed by atoms with Crippen molar-refractivity contribution in [3.05, 3.63) is 23.8 Å². The van der Waals surface area contributed by atoms with Gasteiger partial charge in [0.15, 0.2) is 0 Å². The zero-order chi connectivity index (χ0) is 18.9. The molecular weight excluding hydrogens is 338 g/mol. The van der Waals surface area contributed by atoms with Crippen LogP contribution in [0.2, 0.25) is 0 Å². The van der Waals surface area contributed by atoms with Crippen LogP contribution in [0.5, 0.6) is 0 Å². The topological polar surface area (TPSA) is 52.6 Å². The molecule has 3 heterocycles. The molecule has 27 heavy (non-hydrogen) atoms. The van der Waals surface area contributed by atoms with Crippen molar-refractivity contribution in [2.24, 2.45) is 5.92 Å². The summed E-state index contributed by atoms with van der Waals surface area (Å²) in [5.74, 6) is 2.05. The first kappa shape index (κ1) is 18.8. The monoisotopic (exact) mass is 371 g/mol. The second-order valence-electron chi connectivity index (χ2n) is 8.75. The van der Waals surface area contributed by atoms with Crippen LogP contribution in [0.3, 0.4) is 0 Å². The molecule has 0 radical (unpaired) electrons. The Morgan fingerprint density at radius 3 is 2.63 bits per heavy atom.